The van der Waals surface area contributed by atoms with Gasteiger partial charge in [-0.1, -0.05) is 71.6 Å². The molecule has 1 N–H and O–H groups in total. The smallest absolute Gasteiger partial charge is 0.293 e. The standard InChI is InChI=1S/C23H21N3O2S2/c1-14-12-15(2)19-16(3)20(28-18(19)13-14)21(27)24-22-25-26-23(30-22)29-11-7-10-17-8-5-4-6-9-17/h4-10,12-13H,11H2,1-3H3,(H,24,25,27)/b10-7+. The van der Waals surface area contributed by atoms with Crippen molar-refractivity contribution >= 4 is 51.2 Å². The van der Waals surface area contributed by atoms with Crippen LogP contribution in [-0.2, 0) is 0 Å². The summed E-state index contributed by atoms with van der Waals surface area (Å²) < 4.78 is 6.65. The minimum Gasteiger partial charge on any atom is -0.451 e. The molecule has 2 heterocycles. The fourth-order valence-corrected chi connectivity index (χ4v) is 4.93. The number of carbonyl (C=O) groups is 1. The van der Waals surface area contributed by atoms with Crippen LogP contribution in [0.3, 0.4) is 0 Å². The molecule has 0 unspecified atom stereocenters. The van der Waals surface area contributed by atoms with Crippen molar-refractivity contribution in [3.63, 3.8) is 0 Å². The Labute approximate surface area is 183 Å². The van der Waals surface area contributed by atoms with Crippen molar-refractivity contribution in [2.45, 2.75) is 25.1 Å². The fourth-order valence-electron chi connectivity index (χ4n) is 3.35. The lowest BCUT2D eigenvalue weighted by Crippen LogP contribution is -2.11. The van der Waals surface area contributed by atoms with Crippen LogP contribution in [0.4, 0.5) is 5.13 Å². The van der Waals surface area contributed by atoms with Crippen molar-refractivity contribution in [1.29, 1.82) is 0 Å². The van der Waals surface area contributed by atoms with Gasteiger partial charge in [-0.15, -0.1) is 10.2 Å². The molecule has 0 saturated carbocycles. The van der Waals surface area contributed by atoms with Gasteiger partial charge >= 0.3 is 0 Å². The number of aryl methyl sites for hydroxylation is 3. The number of hydrogen-bond donors (Lipinski definition) is 1. The summed E-state index contributed by atoms with van der Waals surface area (Å²) in [5.41, 5.74) is 4.94. The van der Waals surface area contributed by atoms with E-state index in [1.54, 1.807) is 11.8 Å². The first-order valence-electron chi connectivity index (χ1n) is 9.51. The van der Waals surface area contributed by atoms with E-state index in [9.17, 15) is 4.79 Å². The lowest BCUT2D eigenvalue weighted by atomic mass is 10.0. The van der Waals surface area contributed by atoms with E-state index in [4.69, 9.17) is 4.42 Å². The Morgan fingerprint density at radius 2 is 1.97 bits per heavy atom. The molecule has 0 bridgehead atoms. The molecule has 0 aliphatic heterocycles. The van der Waals surface area contributed by atoms with Crippen LogP contribution in [0.5, 0.6) is 0 Å². The normalized spacial score (nSPS) is 11.4. The fraction of sp³-hybridized carbons (Fsp3) is 0.174. The zero-order valence-corrected chi connectivity index (χ0v) is 18.6. The number of anilines is 1. The molecule has 30 heavy (non-hydrogen) atoms. The second kappa shape index (κ2) is 8.85. The summed E-state index contributed by atoms with van der Waals surface area (Å²) in [5.74, 6) is 0.782. The highest BCUT2D eigenvalue weighted by Gasteiger charge is 2.20. The number of benzene rings is 2. The molecule has 2 aromatic carbocycles. The number of rotatable bonds is 6. The first kappa shape index (κ1) is 20.4. The number of furan rings is 1. The molecule has 1 amide bonds. The summed E-state index contributed by atoms with van der Waals surface area (Å²) in [6.45, 7) is 5.95. The van der Waals surface area contributed by atoms with Crippen molar-refractivity contribution in [2.24, 2.45) is 0 Å². The Bertz CT molecular complexity index is 1230. The Morgan fingerprint density at radius 1 is 1.17 bits per heavy atom. The minimum absolute atomic E-state index is 0.308. The third-order valence-electron chi connectivity index (χ3n) is 4.62. The van der Waals surface area contributed by atoms with Gasteiger partial charge in [0.05, 0.1) is 0 Å². The van der Waals surface area contributed by atoms with Crippen LogP contribution in [0.1, 0.15) is 32.8 Å². The molecule has 0 spiro atoms. The van der Waals surface area contributed by atoms with Gasteiger partial charge in [0.25, 0.3) is 5.91 Å². The molecular weight excluding hydrogens is 414 g/mol. The zero-order chi connectivity index (χ0) is 21.1. The SMILES string of the molecule is Cc1cc(C)c2c(C)c(C(=O)Nc3nnc(SC/C=C/c4ccccc4)s3)oc2c1. The summed E-state index contributed by atoms with van der Waals surface area (Å²) in [7, 11) is 0. The number of hydrogen-bond acceptors (Lipinski definition) is 6. The van der Waals surface area contributed by atoms with Gasteiger partial charge in [-0.2, -0.15) is 0 Å². The number of aromatic nitrogens is 2. The van der Waals surface area contributed by atoms with Crippen LogP contribution in [0, 0.1) is 20.8 Å². The molecule has 4 aromatic rings. The van der Waals surface area contributed by atoms with Crippen LogP contribution in [-0.4, -0.2) is 21.9 Å². The van der Waals surface area contributed by atoms with Gasteiger partial charge in [0, 0.05) is 16.7 Å². The molecule has 0 aliphatic carbocycles. The molecule has 5 nitrogen and oxygen atoms in total. The van der Waals surface area contributed by atoms with Crippen molar-refractivity contribution in [2.75, 3.05) is 11.1 Å². The molecule has 152 valence electrons. The van der Waals surface area contributed by atoms with Crippen molar-refractivity contribution in [3.8, 4) is 0 Å². The summed E-state index contributed by atoms with van der Waals surface area (Å²) >= 11 is 2.93. The molecule has 2 aromatic heterocycles. The van der Waals surface area contributed by atoms with Gasteiger partial charge < -0.3 is 4.42 Å². The average molecular weight is 436 g/mol. The van der Waals surface area contributed by atoms with Crippen LogP contribution in [0.25, 0.3) is 17.0 Å². The topological polar surface area (TPSA) is 68.0 Å². The molecule has 0 fully saturated rings. The number of thioether (sulfide) groups is 1. The summed E-state index contributed by atoms with van der Waals surface area (Å²) in [4.78, 5) is 12.7. The zero-order valence-electron chi connectivity index (χ0n) is 16.9. The third kappa shape index (κ3) is 4.47. The largest absolute Gasteiger partial charge is 0.451 e. The average Bonchev–Trinajstić information content (AvgIpc) is 3.30. The number of nitrogens with one attached hydrogen (secondary N) is 1. The number of amides is 1. The predicted molar refractivity (Wildman–Crippen MR) is 124 cm³/mol. The third-order valence-corrected chi connectivity index (χ3v) is 6.54. The maximum atomic E-state index is 12.7. The first-order valence-corrected chi connectivity index (χ1v) is 11.3. The van der Waals surface area contributed by atoms with E-state index in [-0.39, 0.29) is 5.91 Å². The quantitative estimate of drug-likeness (QED) is 0.286. The van der Waals surface area contributed by atoms with E-state index in [0.717, 1.165) is 43.3 Å². The molecule has 7 heteroatoms. The highest BCUT2D eigenvalue weighted by molar-refractivity contribution is 8.01. The lowest BCUT2D eigenvalue weighted by Gasteiger charge is -1.99. The molecular formula is C23H21N3O2S2. The van der Waals surface area contributed by atoms with E-state index in [2.05, 4.69) is 45.9 Å². The van der Waals surface area contributed by atoms with Gasteiger partial charge in [0.2, 0.25) is 5.13 Å². The van der Waals surface area contributed by atoms with Crippen molar-refractivity contribution in [3.05, 3.63) is 76.6 Å². The van der Waals surface area contributed by atoms with E-state index < -0.39 is 0 Å². The Hall–Kier alpha value is -2.90. The highest BCUT2D eigenvalue weighted by atomic mass is 32.2. The summed E-state index contributed by atoms with van der Waals surface area (Å²) in [5, 5.41) is 12.5. The summed E-state index contributed by atoms with van der Waals surface area (Å²) in [6, 6.07) is 14.2. The number of fused-ring (bicyclic) bond motifs is 1. The number of carbonyl (C=O) groups excluding carboxylic acids is 1. The van der Waals surface area contributed by atoms with Crippen LogP contribution in [0.15, 0.2) is 57.3 Å². The van der Waals surface area contributed by atoms with Crippen molar-refractivity contribution < 1.29 is 9.21 Å². The molecule has 0 saturated heterocycles. The van der Waals surface area contributed by atoms with E-state index in [0.29, 0.717) is 10.9 Å². The first-order chi connectivity index (χ1) is 14.5. The Balaban J connectivity index is 1.41. The van der Waals surface area contributed by atoms with Gasteiger partial charge in [-0.25, -0.2) is 0 Å². The maximum Gasteiger partial charge on any atom is 0.293 e. The molecule has 4 rings (SSSR count). The van der Waals surface area contributed by atoms with Crippen LogP contribution < -0.4 is 5.32 Å². The molecule has 0 aliphatic rings. The Morgan fingerprint density at radius 3 is 2.77 bits per heavy atom. The van der Waals surface area contributed by atoms with Gasteiger partial charge in [0.15, 0.2) is 10.1 Å². The Kier molecular flexibility index (Phi) is 6.01. The maximum absolute atomic E-state index is 12.7. The van der Waals surface area contributed by atoms with Crippen molar-refractivity contribution in [1.82, 2.24) is 10.2 Å². The molecule has 0 atom stereocenters. The second-order valence-corrected chi connectivity index (χ2v) is 9.21. The van der Waals surface area contributed by atoms with E-state index >= 15 is 0 Å². The van der Waals surface area contributed by atoms with Crippen LogP contribution in [0.2, 0.25) is 0 Å². The van der Waals surface area contributed by atoms with E-state index in [1.807, 2.05) is 45.0 Å². The summed E-state index contributed by atoms with van der Waals surface area (Å²) in [6.07, 6.45) is 4.16. The van der Waals surface area contributed by atoms with Gasteiger partial charge in [-0.05, 0) is 43.5 Å². The minimum atomic E-state index is -0.308. The number of nitrogens with zero attached hydrogens (tertiary/aromatic N) is 2. The second-order valence-electron chi connectivity index (χ2n) is 6.96. The van der Waals surface area contributed by atoms with E-state index in [1.165, 1.54) is 11.3 Å². The predicted octanol–water partition coefficient (Wildman–Crippen LogP) is 6.27. The van der Waals surface area contributed by atoms with Gasteiger partial charge in [0.1, 0.15) is 5.58 Å². The lowest BCUT2D eigenvalue weighted by molar-refractivity contribution is 0.0998. The molecule has 0 radical (unpaired) electrons. The monoisotopic (exact) mass is 435 g/mol. The highest BCUT2D eigenvalue weighted by Crippen LogP contribution is 2.31. The van der Waals surface area contributed by atoms with Crippen LogP contribution >= 0.6 is 23.1 Å². The van der Waals surface area contributed by atoms with Gasteiger partial charge in [-0.3, -0.25) is 10.1 Å².